The maximum Gasteiger partial charge on any atom is 0.495 e. The molecular formula is C9H14O10P2. The molecule has 12 heteroatoms. The molecule has 0 aromatic rings. The molecule has 2 heterocycles. The van der Waals surface area contributed by atoms with E-state index in [9.17, 15) is 18.9 Å². The van der Waals surface area contributed by atoms with Crippen LogP contribution in [0.5, 0.6) is 0 Å². The number of hydrogen-bond acceptors (Lipinski definition) is 10. The highest BCUT2D eigenvalue weighted by molar-refractivity contribution is 7.37. The van der Waals surface area contributed by atoms with Crippen molar-refractivity contribution in [1.82, 2.24) is 0 Å². The van der Waals surface area contributed by atoms with Crippen molar-refractivity contribution < 1.29 is 47.3 Å². The summed E-state index contributed by atoms with van der Waals surface area (Å²) in [4.78, 5) is 22.2. The summed E-state index contributed by atoms with van der Waals surface area (Å²) in [5, 5.41) is 0. The first-order valence-corrected chi connectivity index (χ1v) is 8.14. The average Bonchev–Trinajstić information content (AvgIpc) is 2.49. The first kappa shape index (κ1) is 17.2. The molecule has 0 amide bonds. The van der Waals surface area contributed by atoms with E-state index in [1.165, 1.54) is 0 Å². The van der Waals surface area contributed by atoms with Crippen molar-refractivity contribution in [2.75, 3.05) is 40.6 Å². The zero-order valence-electron chi connectivity index (χ0n) is 11.3. The van der Waals surface area contributed by atoms with Gasteiger partial charge in [0.2, 0.25) is 0 Å². The summed E-state index contributed by atoms with van der Waals surface area (Å²) in [6.45, 7) is -0.446. The van der Waals surface area contributed by atoms with Crippen LogP contribution in [0.2, 0.25) is 0 Å². The van der Waals surface area contributed by atoms with Crippen LogP contribution in [0.25, 0.3) is 0 Å². The highest BCUT2D eigenvalue weighted by atomic mass is 31.1. The largest absolute Gasteiger partial charge is 0.589 e. The lowest BCUT2D eigenvalue weighted by molar-refractivity contribution is -0.426. The van der Waals surface area contributed by atoms with E-state index in [1.807, 2.05) is 0 Å². The fourth-order valence-corrected chi connectivity index (χ4v) is 2.88. The van der Waals surface area contributed by atoms with Crippen molar-refractivity contribution >= 4 is 16.1 Å². The minimum Gasteiger partial charge on any atom is -0.589 e. The molecule has 2 aliphatic heterocycles. The second-order valence-electron chi connectivity index (χ2n) is 4.62. The molecule has 2 unspecified atom stereocenters. The molecule has 0 saturated carbocycles. The van der Waals surface area contributed by atoms with Gasteiger partial charge in [0.15, 0.2) is 0 Å². The highest BCUT2D eigenvalue weighted by Crippen LogP contribution is 2.46. The van der Waals surface area contributed by atoms with Crippen LogP contribution >= 0.6 is 16.1 Å². The Kier molecular flexibility index (Phi) is 5.07. The second-order valence-corrected chi connectivity index (χ2v) is 6.75. The summed E-state index contributed by atoms with van der Waals surface area (Å²) in [6.07, 6.45) is 0. The SMILES string of the molecule is COC1([P+](=O)[O-])OCC2(CO1)COC(OC)([P+](=O)[O-])OC2. The Balaban J connectivity index is 2.03. The van der Waals surface area contributed by atoms with Crippen LogP contribution in [0.3, 0.4) is 0 Å². The van der Waals surface area contributed by atoms with E-state index in [-0.39, 0.29) is 26.4 Å². The Hall–Kier alpha value is -0.120. The van der Waals surface area contributed by atoms with Crippen LogP contribution in [0, 0.1) is 5.41 Å². The summed E-state index contributed by atoms with van der Waals surface area (Å²) >= 11 is 0. The average molecular weight is 344 g/mol. The molecule has 2 rings (SSSR count). The Morgan fingerprint density at radius 2 is 1.10 bits per heavy atom. The van der Waals surface area contributed by atoms with E-state index in [0.29, 0.717) is 0 Å². The number of rotatable bonds is 4. The summed E-state index contributed by atoms with van der Waals surface area (Å²) < 4.78 is 52.3. The van der Waals surface area contributed by atoms with Crippen LogP contribution in [0.4, 0.5) is 0 Å². The van der Waals surface area contributed by atoms with Crippen LogP contribution in [-0.2, 0) is 37.6 Å². The number of hydrogen-bond donors (Lipinski definition) is 0. The zero-order valence-corrected chi connectivity index (χ0v) is 13.1. The van der Waals surface area contributed by atoms with Crippen molar-refractivity contribution in [3.63, 3.8) is 0 Å². The van der Waals surface area contributed by atoms with Gasteiger partial charge in [-0.2, -0.15) is 0 Å². The van der Waals surface area contributed by atoms with Crippen molar-refractivity contribution in [2.24, 2.45) is 5.41 Å². The molecule has 2 atom stereocenters. The third-order valence-electron chi connectivity index (χ3n) is 3.21. The molecule has 2 saturated heterocycles. The van der Waals surface area contributed by atoms with Crippen molar-refractivity contribution in [3.05, 3.63) is 0 Å². The van der Waals surface area contributed by atoms with Crippen LogP contribution in [0.15, 0.2) is 0 Å². The van der Waals surface area contributed by atoms with Gasteiger partial charge in [-0.25, -0.2) is 0 Å². The summed E-state index contributed by atoms with van der Waals surface area (Å²) in [6, 6.07) is 0. The predicted octanol–water partition coefficient (Wildman–Crippen LogP) is -1.21. The first-order valence-electron chi connectivity index (χ1n) is 5.79. The standard InChI is InChI=1S/C9H14O10P2/c1-14-8(20(10)11)16-3-7(4-17-8)5-18-9(15-2,19-6-7)21(12)13/h3-6H2,1-2H3. The monoisotopic (exact) mass is 344 g/mol. The maximum absolute atomic E-state index is 11.1. The predicted molar refractivity (Wildman–Crippen MR) is 60.9 cm³/mol. The Bertz CT molecular complexity index is 381. The molecule has 0 aliphatic carbocycles. The lowest BCUT2D eigenvalue weighted by Crippen LogP contribution is -2.59. The molecule has 0 aromatic carbocycles. The van der Waals surface area contributed by atoms with Gasteiger partial charge in [-0.1, -0.05) is 9.13 Å². The summed E-state index contributed by atoms with van der Waals surface area (Å²) in [5.41, 5.74) is -5.12. The molecule has 0 radical (unpaired) electrons. The zero-order chi connectivity index (χ0) is 15.7. The van der Waals surface area contributed by atoms with E-state index in [2.05, 4.69) is 0 Å². The van der Waals surface area contributed by atoms with Crippen LogP contribution in [-0.4, -0.2) is 52.1 Å². The molecule has 10 nitrogen and oxygen atoms in total. The summed E-state index contributed by atoms with van der Waals surface area (Å²) in [7, 11) is -4.02. The fourth-order valence-electron chi connectivity index (χ4n) is 1.91. The van der Waals surface area contributed by atoms with E-state index in [4.69, 9.17) is 28.4 Å². The minimum absolute atomic E-state index is 0.112. The minimum atomic E-state index is -3.14. The molecule has 0 aromatic heterocycles. The lowest BCUT2D eigenvalue weighted by Gasteiger charge is -2.44. The smallest absolute Gasteiger partial charge is 0.495 e. The van der Waals surface area contributed by atoms with E-state index >= 15 is 0 Å². The molecule has 2 aliphatic rings. The van der Waals surface area contributed by atoms with Crippen LogP contribution in [0.1, 0.15) is 0 Å². The van der Waals surface area contributed by atoms with E-state index < -0.39 is 32.9 Å². The van der Waals surface area contributed by atoms with Crippen molar-refractivity contribution in [2.45, 2.75) is 11.4 Å². The van der Waals surface area contributed by atoms with Crippen molar-refractivity contribution in [1.29, 1.82) is 0 Å². The molecule has 2 fully saturated rings. The van der Waals surface area contributed by atoms with E-state index in [1.54, 1.807) is 0 Å². The molecule has 0 N–H and O–H groups in total. The Labute approximate surface area is 121 Å². The van der Waals surface area contributed by atoms with Crippen molar-refractivity contribution in [3.8, 4) is 0 Å². The first-order chi connectivity index (χ1) is 9.84. The third kappa shape index (κ3) is 3.02. The van der Waals surface area contributed by atoms with Gasteiger partial charge in [0.25, 0.3) is 0 Å². The topological polar surface area (TPSA) is 136 Å². The quantitative estimate of drug-likeness (QED) is 0.571. The van der Waals surface area contributed by atoms with E-state index in [0.717, 1.165) is 14.2 Å². The molecule has 1 spiro atoms. The highest BCUT2D eigenvalue weighted by Gasteiger charge is 2.61. The van der Waals surface area contributed by atoms with Crippen LogP contribution < -0.4 is 9.79 Å². The van der Waals surface area contributed by atoms with Gasteiger partial charge >= 0.3 is 27.5 Å². The Morgan fingerprint density at radius 3 is 1.29 bits per heavy atom. The molecule has 120 valence electrons. The lowest BCUT2D eigenvalue weighted by atomic mass is 9.91. The summed E-state index contributed by atoms with van der Waals surface area (Å²) in [5.74, 6) is 0. The van der Waals surface area contributed by atoms with Gasteiger partial charge in [0.05, 0.1) is 31.8 Å². The third-order valence-corrected chi connectivity index (χ3v) is 4.98. The van der Waals surface area contributed by atoms with Gasteiger partial charge in [0, 0.05) is 14.2 Å². The van der Waals surface area contributed by atoms with Gasteiger partial charge in [-0.15, -0.1) is 0 Å². The molecule has 0 bridgehead atoms. The maximum atomic E-state index is 11.1. The number of ether oxygens (including phenoxy) is 6. The van der Waals surface area contributed by atoms with Gasteiger partial charge in [-0.3, -0.25) is 28.4 Å². The normalized spacial score (nSPS) is 41.9. The Morgan fingerprint density at radius 1 is 0.810 bits per heavy atom. The molecular weight excluding hydrogens is 330 g/mol. The van der Waals surface area contributed by atoms with Gasteiger partial charge in [-0.05, 0) is 0 Å². The van der Waals surface area contributed by atoms with Gasteiger partial charge in [0.1, 0.15) is 0 Å². The molecule has 21 heavy (non-hydrogen) atoms. The second kappa shape index (κ2) is 6.17. The van der Waals surface area contributed by atoms with Gasteiger partial charge < -0.3 is 9.79 Å². The number of methoxy groups -OCH3 is 2. The fraction of sp³-hybridized carbons (Fsp3) is 1.00.